The number of thioether (sulfide) groups is 1. The number of aromatic nitrogens is 6. The quantitative estimate of drug-likeness (QED) is 0.455. The summed E-state index contributed by atoms with van der Waals surface area (Å²) < 4.78 is 4.37. The third-order valence-electron chi connectivity index (χ3n) is 5.40. The van der Waals surface area contributed by atoms with Crippen molar-refractivity contribution in [2.75, 3.05) is 23.7 Å². The maximum Gasteiger partial charge on any atom is 0.329 e. The first-order valence-corrected chi connectivity index (χ1v) is 12.0. The molecule has 1 aliphatic rings. The first kappa shape index (κ1) is 21.1. The summed E-state index contributed by atoms with van der Waals surface area (Å²) in [6.07, 6.45) is 2.04. The zero-order valence-electron chi connectivity index (χ0n) is 17.7. The van der Waals surface area contributed by atoms with Crippen LogP contribution in [-0.2, 0) is 13.6 Å². The molecule has 1 fully saturated rings. The first-order chi connectivity index (χ1) is 14.3. The van der Waals surface area contributed by atoms with Crippen LogP contribution in [0.1, 0.15) is 31.7 Å². The smallest absolute Gasteiger partial charge is 0.329 e. The van der Waals surface area contributed by atoms with Gasteiger partial charge in [0.2, 0.25) is 5.95 Å². The largest absolute Gasteiger partial charge is 0.342 e. The lowest BCUT2D eigenvalue weighted by Gasteiger charge is -2.35. The maximum atomic E-state index is 12.7. The highest BCUT2D eigenvalue weighted by molar-refractivity contribution is 8.01. The molecule has 1 saturated heterocycles. The van der Waals surface area contributed by atoms with Gasteiger partial charge >= 0.3 is 5.69 Å². The fraction of sp³-hybridized carbons (Fsp3) is 0.632. The molecule has 4 heterocycles. The van der Waals surface area contributed by atoms with Crippen molar-refractivity contribution < 1.29 is 0 Å². The normalized spacial score (nSPS) is 19.7. The maximum absolute atomic E-state index is 12.7. The van der Waals surface area contributed by atoms with Crippen LogP contribution in [0.25, 0.3) is 11.2 Å². The molecular weight excluding hydrogens is 422 g/mol. The van der Waals surface area contributed by atoms with E-state index < -0.39 is 5.69 Å². The van der Waals surface area contributed by atoms with Crippen molar-refractivity contribution in [3.63, 3.8) is 0 Å². The van der Waals surface area contributed by atoms with Crippen molar-refractivity contribution in [3.05, 3.63) is 25.8 Å². The van der Waals surface area contributed by atoms with Crippen LogP contribution < -0.4 is 16.1 Å². The minimum atomic E-state index is -0.439. The highest BCUT2D eigenvalue weighted by Crippen LogP contribution is 2.28. The van der Waals surface area contributed by atoms with Gasteiger partial charge in [-0.1, -0.05) is 36.9 Å². The Labute approximate surface area is 182 Å². The summed E-state index contributed by atoms with van der Waals surface area (Å²) in [7, 11) is 1.65. The lowest BCUT2D eigenvalue weighted by Crippen LogP contribution is -2.40. The fourth-order valence-corrected chi connectivity index (χ4v) is 6.03. The van der Waals surface area contributed by atoms with Crippen molar-refractivity contribution in [1.29, 1.82) is 0 Å². The first-order valence-electron chi connectivity index (χ1n) is 10.2. The van der Waals surface area contributed by atoms with E-state index in [2.05, 4.69) is 33.9 Å². The zero-order chi connectivity index (χ0) is 21.4. The molecule has 0 amide bonds. The summed E-state index contributed by atoms with van der Waals surface area (Å²) in [4.78, 5) is 34.3. The molecule has 0 bridgehead atoms. The summed E-state index contributed by atoms with van der Waals surface area (Å²) in [6, 6.07) is 0. The highest BCUT2D eigenvalue weighted by atomic mass is 32.2. The fourth-order valence-electron chi connectivity index (χ4n) is 4.22. The summed E-state index contributed by atoms with van der Waals surface area (Å²) in [5.74, 6) is 2.76. The van der Waals surface area contributed by atoms with Gasteiger partial charge in [0.1, 0.15) is 5.01 Å². The molecule has 0 aliphatic carbocycles. The van der Waals surface area contributed by atoms with Crippen molar-refractivity contribution in [2.45, 2.75) is 44.5 Å². The van der Waals surface area contributed by atoms with Gasteiger partial charge in [0.15, 0.2) is 15.5 Å². The van der Waals surface area contributed by atoms with Gasteiger partial charge in [0.25, 0.3) is 5.56 Å². The molecule has 0 spiro atoms. The molecule has 9 nitrogen and oxygen atoms in total. The molecule has 11 heteroatoms. The molecule has 2 atom stereocenters. The Morgan fingerprint density at radius 2 is 1.93 bits per heavy atom. The number of piperidine rings is 1. The average molecular weight is 450 g/mol. The van der Waals surface area contributed by atoms with E-state index in [1.54, 1.807) is 30.1 Å². The summed E-state index contributed by atoms with van der Waals surface area (Å²) in [5.41, 5.74) is 0.0930. The van der Waals surface area contributed by atoms with Crippen LogP contribution in [0.4, 0.5) is 5.95 Å². The topological polar surface area (TPSA) is 102 Å². The molecule has 0 radical (unpaired) electrons. The van der Waals surface area contributed by atoms with E-state index in [4.69, 9.17) is 4.98 Å². The van der Waals surface area contributed by atoms with Gasteiger partial charge in [0.05, 0.1) is 0 Å². The van der Waals surface area contributed by atoms with Crippen LogP contribution in [0.3, 0.4) is 0 Å². The molecule has 1 aliphatic heterocycles. The van der Waals surface area contributed by atoms with Crippen LogP contribution in [0, 0.1) is 18.8 Å². The van der Waals surface area contributed by atoms with Crippen LogP contribution in [0.2, 0.25) is 0 Å². The number of hydrogen-bond donors (Lipinski definition) is 1. The van der Waals surface area contributed by atoms with Crippen LogP contribution in [0.5, 0.6) is 0 Å². The van der Waals surface area contributed by atoms with Crippen LogP contribution in [-0.4, -0.2) is 48.1 Å². The van der Waals surface area contributed by atoms with Gasteiger partial charge < -0.3 is 9.47 Å². The lowest BCUT2D eigenvalue weighted by molar-refractivity contribution is 0.351. The Kier molecular flexibility index (Phi) is 6.01. The monoisotopic (exact) mass is 449 g/mol. The third kappa shape index (κ3) is 4.18. The summed E-state index contributed by atoms with van der Waals surface area (Å²) in [5, 5.41) is 9.17. The minimum absolute atomic E-state index is 0.377. The van der Waals surface area contributed by atoms with Crippen molar-refractivity contribution >= 4 is 40.2 Å². The number of fused-ring (bicyclic) bond motifs is 1. The van der Waals surface area contributed by atoms with Crippen LogP contribution >= 0.6 is 23.1 Å². The second-order valence-corrected chi connectivity index (χ2v) is 10.7. The second-order valence-electron chi connectivity index (χ2n) is 8.19. The van der Waals surface area contributed by atoms with Gasteiger partial charge in [-0.15, -0.1) is 10.2 Å². The average Bonchev–Trinajstić information content (AvgIpc) is 3.26. The minimum Gasteiger partial charge on any atom is -0.342 e. The number of aromatic amines is 1. The van der Waals surface area contributed by atoms with E-state index in [0.717, 1.165) is 40.6 Å². The molecule has 3 aromatic heterocycles. The van der Waals surface area contributed by atoms with Crippen molar-refractivity contribution in [2.24, 2.45) is 18.9 Å². The standard InChI is InChI=1S/C19H27N7O2S2/c1-11-8-12(2)10-25(9-11)17-20-15-14(16(27)21-18(28)24(15)4)26(17)6-5-7-29-19-23-22-13(3)30-19/h11-12H,5-10H2,1-4H3,(H,21,27,28)/t11-,12-/m0/s1. The molecule has 0 aromatic carbocycles. The molecular formula is C19H27N7O2S2. The second kappa shape index (κ2) is 8.54. The van der Waals surface area contributed by atoms with E-state index in [9.17, 15) is 9.59 Å². The molecule has 4 rings (SSSR count). The number of aryl methyl sites for hydroxylation is 3. The number of nitrogens with zero attached hydrogens (tertiary/aromatic N) is 6. The van der Waals surface area contributed by atoms with E-state index in [0.29, 0.717) is 29.5 Å². The predicted octanol–water partition coefficient (Wildman–Crippen LogP) is 2.25. The molecule has 3 aromatic rings. The number of hydrogen-bond acceptors (Lipinski definition) is 8. The Balaban J connectivity index is 1.65. The highest BCUT2D eigenvalue weighted by Gasteiger charge is 2.27. The van der Waals surface area contributed by atoms with Gasteiger partial charge in [-0.2, -0.15) is 4.98 Å². The molecule has 0 saturated carbocycles. The number of nitrogens with one attached hydrogen (secondary N) is 1. The van der Waals surface area contributed by atoms with Gasteiger partial charge in [0, 0.05) is 32.4 Å². The van der Waals surface area contributed by atoms with E-state index >= 15 is 0 Å². The molecule has 162 valence electrons. The number of anilines is 1. The summed E-state index contributed by atoms with van der Waals surface area (Å²) in [6.45, 7) is 8.90. The Morgan fingerprint density at radius 3 is 2.60 bits per heavy atom. The Hall–Kier alpha value is -2.14. The molecule has 0 unspecified atom stereocenters. The van der Waals surface area contributed by atoms with Gasteiger partial charge in [-0.3, -0.25) is 14.3 Å². The van der Waals surface area contributed by atoms with Gasteiger partial charge in [-0.05, 0) is 31.6 Å². The van der Waals surface area contributed by atoms with E-state index in [1.807, 2.05) is 11.5 Å². The van der Waals surface area contributed by atoms with E-state index in [-0.39, 0.29) is 5.56 Å². The predicted molar refractivity (Wildman–Crippen MR) is 121 cm³/mol. The Morgan fingerprint density at radius 1 is 1.20 bits per heavy atom. The van der Waals surface area contributed by atoms with Gasteiger partial charge in [-0.25, -0.2) is 4.79 Å². The van der Waals surface area contributed by atoms with Crippen LogP contribution in [0.15, 0.2) is 13.9 Å². The number of imidazole rings is 1. The zero-order valence-corrected chi connectivity index (χ0v) is 19.3. The lowest BCUT2D eigenvalue weighted by atomic mass is 9.92. The van der Waals surface area contributed by atoms with E-state index in [1.165, 1.54) is 11.0 Å². The van der Waals surface area contributed by atoms with Crippen molar-refractivity contribution in [1.82, 2.24) is 29.3 Å². The van der Waals surface area contributed by atoms with Crippen molar-refractivity contribution in [3.8, 4) is 0 Å². The SMILES string of the molecule is Cc1nnc(SCCCn2c(N3C[C@@H](C)C[C@H](C)C3)nc3c2c(=O)[nH]c(=O)n3C)s1. The third-order valence-corrected chi connectivity index (χ3v) is 7.46. The molecule has 1 N–H and O–H groups in total. The molecule has 30 heavy (non-hydrogen) atoms. The number of rotatable bonds is 6. The Bertz CT molecular complexity index is 1150. The summed E-state index contributed by atoms with van der Waals surface area (Å²) >= 11 is 3.27. The number of H-pyrrole nitrogens is 1.